The maximum absolute atomic E-state index is 10.3. The summed E-state index contributed by atoms with van der Waals surface area (Å²) in [6, 6.07) is 0. The van der Waals surface area contributed by atoms with Crippen LogP contribution < -0.4 is 0 Å². The lowest BCUT2D eigenvalue weighted by Gasteiger charge is -2.10. The van der Waals surface area contributed by atoms with Gasteiger partial charge in [0.1, 0.15) is 0 Å². The third kappa shape index (κ3) is 2.50. The molecule has 6 heteroatoms. The molecule has 1 atom stereocenters. The van der Waals surface area contributed by atoms with Gasteiger partial charge in [0.15, 0.2) is 0 Å². The van der Waals surface area contributed by atoms with Crippen molar-refractivity contribution in [3.63, 3.8) is 0 Å². The normalized spacial score (nSPS) is 13.0. The molecule has 2 heterocycles. The number of hydrogen-bond acceptors (Lipinski definition) is 4. The lowest BCUT2D eigenvalue weighted by atomic mass is 10.1. The van der Waals surface area contributed by atoms with Gasteiger partial charge in [-0.2, -0.15) is 5.10 Å². The van der Waals surface area contributed by atoms with E-state index in [4.69, 9.17) is 0 Å². The molecular weight excluding hydrogens is 314 g/mol. The van der Waals surface area contributed by atoms with Gasteiger partial charge in [-0.05, 0) is 36.7 Å². The van der Waals surface area contributed by atoms with Crippen molar-refractivity contribution in [2.75, 3.05) is 0 Å². The summed E-state index contributed by atoms with van der Waals surface area (Å²) in [5, 5.41) is 15.7. The second-order valence-electron chi connectivity index (χ2n) is 4.37. The molecule has 18 heavy (non-hydrogen) atoms. The third-order valence-corrected chi connectivity index (χ3v) is 5.10. The summed E-state index contributed by atoms with van der Waals surface area (Å²) >= 11 is 5.07. The Balaban J connectivity index is 2.26. The zero-order chi connectivity index (χ0) is 13.4. The second kappa shape index (κ2) is 5.11. The van der Waals surface area contributed by atoms with Crippen LogP contribution in [0.2, 0.25) is 0 Å². The number of nitrogens with zero attached hydrogens (tertiary/aromatic N) is 3. The van der Waals surface area contributed by atoms with Crippen LogP contribution in [0.3, 0.4) is 0 Å². The molecule has 0 aliphatic carbocycles. The van der Waals surface area contributed by atoms with Gasteiger partial charge >= 0.3 is 0 Å². The molecule has 0 aliphatic heterocycles. The summed E-state index contributed by atoms with van der Waals surface area (Å²) in [7, 11) is 1.89. The van der Waals surface area contributed by atoms with Crippen molar-refractivity contribution < 1.29 is 5.11 Å². The fraction of sp³-hybridized carbons (Fsp3) is 0.500. The van der Waals surface area contributed by atoms with Gasteiger partial charge < -0.3 is 5.11 Å². The molecule has 0 radical (unpaired) electrons. The Bertz CT molecular complexity index is 576. The summed E-state index contributed by atoms with van der Waals surface area (Å²) in [4.78, 5) is 5.29. The van der Waals surface area contributed by atoms with E-state index in [1.807, 2.05) is 32.5 Å². The molecule has 1 unspecified atom stereocenters. The van der Waals surface area contributed by atoms with Crippen molar-refractivity contribution in [2.24, 2.45) is 7.05 Å². The maximum atomic E-state index is 10.3. The Morgan fingerprint density at radius 3 is 2.44 bits per heavy atom. The van der Waals surface area contributed by atoms with Crippen LogP contribution in [0.15, 0.2) is 4.47 Å². The molecule has 4 nitrogen and oxygen atoms in total. The average molecular weight is 330 g/mol. The van der Waals surface area contributed by atoms with Crippen molar-refractivity contribution in [1.82, 2.24) is 14.8 Å². The third-order valence-electron chi connectivity index (χ3n) is 2.89. The first-order chi connectivity index (χ1) is 8.40. The van der Waals surface area contributed by atoms with Gasteiger partial charge in [0.25, 0.3) is 0 Å². The molecule has 0 amide bonds. The molecule has 98 valence electrons. The van der Waals surface area contributed by atoms with Crippen molar-refractivity contribution in [3.05, 3.63) is 31.4 Å². The van der Waals surface area contributed by atoms with Crippen molar-refractivity contribution in [1.29, 1.82) is 0 Å². The Kier molecular flexibility index (Phi) is 3.89. The Morgan fingerprint density at radius 1 is 1.33 bits per heavy atom. The highest BCUT2D eigenvalue weighted by molar-refractivity contribution is 9.10. The molecule has 2 aromatic heterocycles. The smallest absolute Gasteiger partial charge is 0.0956 e. The first-order valence-electron chi connectivity index (χ1n) is 5.70. The maximum Gasteiger partial charge on any atom is 0.0956 e. The minimum atomic E-state index is -0.526. The molecule has 1 N–H and O–H groups in total. The number of aryl methyl sites for hydroxylation is 4. The number of thiazole rings is 1. The summed E-state index contributed by atoms with van der Waals surface area (Å²) in [6.45, 7) is 5.84. The van der Waals surface area contributed by atoms with Crippen LogP contribution in [0.1, 0.15) is 33.1 Å². The monoisotopic (exact) mass is 329 g/mol. The van der Waals surface area contributed by atoms with E-state index < -0.39 is 6.10 Å². The van der Waals surface area contributed by atoms with Gasteiger partial charge in [0.2, 0.25) is 0 Å². The molecule has 0 saturated heterocycles. The molecule has 2 rings (SSSR count). The standard InChI is InChI=1S/C12H16BrN3OS/c1-6-11(13)9(16(4)15-6)5-10(17)12-7(2)14-8(3)18-12/h10,17H,5H2,1-4H3. The van der Waals surface area contributed by atoms with E-state index in [1.165, 1.54) is 0 Å². The molecule has 0 fully saturated rings. The molecule has 2 aromatic rings. The largest absolute Gasteiger partial charge is 0.387 e. The van der Waals surface area contributed by atoms with Crippen LogP contribution in [-0.4, -0.2) is 19.9 Å². The first-order valence-corrected chi connectivity index (χ1v) is 7.31. The van der Waals surface area contributed by atoms with E-state index in [0.717, 1.165) is 31.4 Å². The zero-order valence-electron chi connectivity index (χ0n) is 10.9. The highest BCUT2D eigenvalue weighted by atomic mass is 79.9. The highest BCUT2D eigenvalue weighted by Gasteiger charge is 2.19. The van der Waals surface area contributed by atoms with E-state index in [2.05, 4.69) is 26.0 Å². The predicted octanol–water partition coefficient (Wildman–Crippen LogP) is 2.84. The van der Waals surface area contributed by atoms with Crippen LogP contribution in [-0.2, 0) is 13.5 Å². The predicted molar refractivity (Wildman–Crippen MR) is 75.9 cm³/mol. The first kappa shape index (κ1) is 13.7. The Hall–Kier alpha value is -0.720. The lowest BCUT2D eigenvalue weighted by molar-refractivity contribution is 0.178. The number of aromatic nitrogens is 3. The van der Waals surface area contributed by atoms with E-state index in [1.54, 1.807) is 11.3 Å². The summed E-state index contributed by atoms with van der Waals surface area (Å²) in [5.41, 5.74) is 2.86. The Morgan fingerprint density at radius 2 is 2.00 bits per heavy atom. The van der Waals surface area contributed by atoms with Crippen LogP contribution >= 0.6 is 27.3 Å². The highest BCUT2D eigenvalue weighted by Crippen LogP contribution is 2.30. The van der Waals surface area contributed by atoms with Crippen molar-refractivity contribution in [2.45, 2.75) is 33.3 Å². The molecule has 0 bridgehead atoms. The summed E-state index contributed by atoms with van der Waals surface area (Å²) in [5.74, 6) is 0. The fourth-order valence-electron chi connectivity index (χ4n) is 2.03. The van der Waals surface area contributed by atoms with Gasteiger partial charge in [-0.15, -0.1) is 11.3 Å². The van der Waals surface area contributed by atoms with Crippen LogP contribution in [0, 0.1) is 20.8 Å². The van der Waals surface area contributed by atoms with E-state index in [0.29, 0.717) is 6.42 Å². The van der Waals surface area contributed by atoms with Crippen LogP contribution in [0.5, 0.6) is 0 Å². The minimum Gasteiger partial charge on any atom is -0.387 e. The topological polar surface area (TPSA) is 50.9 Å². The van der Waals surface area contributed by atoms with Gasteiger partial charge in [-0.3, -0.25) is 4.68 Å². The quantitative estimate of drug-likeness (QED) is 0.941. The molecule has 0 aromatic carbocycles. The Labute approximate surface area is 119 Å². The van der Waals surface area contributed by atoms with E-state index >= 15 is 0 Å². The van der Waals surface area contributed by atoms with Gasteiger partial charge in [0, 0.05) is 13.5 Å². The number of aliphatic hydroxyl groups is 1. The summed E-state index contributed by atoms with van der Waals surface area (Å²) in [6.07, 6.45) is 0.0164. The van der Waals surface area contributed by atoms with Crippen molar-refractivity contribution >= 4 is 27.3 Å². The molecule has 0 saturated carbocycles. The fourth-order valence-corrected chi connectivity index (χ4v) is 3.45. The molecule has 0 aliphatic rings. The average Bonchev–Trinajstić information content (AvgIpc) is 2.73. The number of rotatable bonds is 3. The van der Waals surface area contributed by atoms with Crippen molar-refractivity contribution in [3.8, 4) is 0 Å². The SMILES string of the molecule is Cc1nc(C)c(C(O)Cc2c(Br)c(C)nn2C)s1. The number of halogens is 1. The molecular formula is C12H16BrN3OS. The van der Waals surface area contributed by atoms with Crippen LogP contribution in [0.4, 0.5) is 0 Å². The summed E-state index contributed by atoms with van der Waals surface area (Å²) < 4.78 is 2.79. The van der Waals surface area contributed by atoms with Gasteiger partial charge in [-0.1, -0.05) is 0 Å². The minimum absolute atomic E-state index is 0.526. The second-order valence-corrected chi connectivity index (χ2v) is 6.40. The molecule has 0 spiro atoms. The van der Waals surface area contributed by atoms with E-state index in [9.17, 15) is 5.11 Å². The lowest BCUT2D eigenvalue weighted by Crippen LogP contribution is -2.06. The number of aliphatic hydroxyl groups excluding tert-OH is 1. The number of hydrogen-bond donors (Lipinski definition) is 1. The van der Waals surface area contributed by atoms with Gasteiger partial charge in [0.05, 0.1) is 37.5 Å². The zero-order valence-corrected chi connectivity index (χ0v) is 13.3. The van der Waals surface area contributed by atoms with E-state index in [-0.39, 0.29) is 0 Å². The van der Waals surface area contributed by atoms with Crippen LogP contribution in [0.25, 0.3) is 0 Å². The van der Waals surface area contributed by atoms with Gasteiger partial charge in [-0.25, -0.2) is 4.98 Å².